The molecule has 4 heteroatoms. The Kier molecular flexibility index (Phi) is 4.71. The van der Waals surface area contributed by atoms with Gasteiger partial charge in [0.1, 0.15) is 5.76 Å². The quantitative estimate of drug-likeness (QED) is 0.639. The Labute approximate surface area is 145 Å². The number of alkyl halides is 3. The fourth-order valence-electron chi connectivity index (χ4n) is 3.08. The van der Waals surface area contributed by atoms with Crippen LogP contribution in [0.15, 0.2) is 60.4 Å². The second-order valence-corrected chi connectivity index (χ2v) is 6.11. The van der Waals surface area contributed by atoms with E-state index in [0.29, 0.717) is 0 Å². The Balaban J connectivity index is 2.01. The number of methoxy groups -OCH3 is 1. The monoisotopic (exact) mass is 344 g/mol. The first-order chi connectivity index (χ1) is 11.9. The van der Waals surface area contributed by atoms with E-state index in [0.717, 1.165) is 53.0 Å². The molecule has 0 radical (unpaired) electrons. The molecule has 0 heterocycles. The minimum atomic E-state index is -4.32. The summed E-state index contributed by atoms with van der Waals surface area (Å²) in [6.07, 6.45) is -0.635. The zero-order chi connectivity index (χ0) is 18.0. The van der Waals surface area contributed by atoms with Gasteiger partial charge in [0.15, 0.2) is 0 Å². The molecule has 0 amide bonds. The largest absolute Gasteiger partial charge is 0.496 e. The first-order valence-corrected chi connectivity index (χ1v) is 8.12. The smallest absolute Gasteiger partial charge is 0.416 e. The van der Waals surface area contributed by atoms with Crippen molar-refractivity contribution < 1.29 is 17.9 Å². The van der Waals surface area contributed by atoms with Gasteiger partial charge in [0.2, 0.25) is 0 Å². The number of allylic oxidation sites excluding steroid dienone is 3. The fourth-order valence-corrected chi connectivity index (χ4v) is 3.08. The van der Waals surface area contributed by atoms with Crippen LogP contribution in [0.1, 0.15) is 35.1 Å². The maximum absolute atomic E-state index is 12.8. The summed E-state index contributed by atoms with van der Waals surface area (Å²) in [4.78, 5) is 0. The number of benzene rings is 2. The van der Waals surface area contributed by atoms with E-state index in [1.807, 2.05) is 31.2 Å². The van der Waals surface area contributed by atoms with Gasteiger partial charge < -0.3 is 4.74 Å². The lowest BCUT2D eigenvalue weighted by molar-refractivity contribution is -0.137. The number of aryl methyl sites for hydroxylation is 1. The predicted octanol–water partition coefficient (Wildman–Crippen LogP) is 6.25. The molecular formula is C21H19F3O. The standard InChI is InChI=1S/C21H19F3O/c1-14-6-8-15(9-7-14)18-4-3-5-19(20(18)25-2)16-10-12-17(13-11-16)21(22,23)24/h4,6-13H,3,5H2,1-2H3. The summed E-state index contributed by atoms with van der Waals surface area (Å²) in [6.45, 7) is 2.03. The lowest BCUT2D eigenvalue weighted by atomic mass is 9.88. The summed E-state index contributed by atoms with van der Waals surface area (Å²) >= 11 is 0. The van der Waals surface area contributed by atoms with Gasteiger partial charge in [0, 0.05) is 11.1 Å². The second-order valence-electron chi connectivity index (χ2n) is 6.11. The van der Waals surface area contributed by atoms with Gasteiger partial charge in [-0.1, -0.05) is 48.0 Å². The van der Waals surface area contributed by atoms with Crippen LogP contribution in [0.25, 0.3) is 11.1 Å². The van der Waals surface area contributed by atoms with Crippen molar-refractivity contribution in [2.45, 2.75) is 25.9 Å². The Morgan fingerprint density at radius 2 is 1.48 bits per heavy atom. The lowest BCUT2D eigenvalue weighted by Gasteiger charge is -2.22. The number of hydrogen-bond acceptors (Lipinski definition) is 1. The van der Waals surface area contributed by atoms with Crippen LogP contribution < -0.4 is 0 Å². The number of rotatable bonds is 3. The van der Waals surface area contributed by atoms with Gasteiger partial charge in [0.05, 0.1) is 12.7 Å². The molecule has 25 heavy (non-hydrogen) atoms. The fraction of sp³-hybridized carbons (Fsp3) is 0.238. The summed E-state index contributed by atoms with van der Waals surface area (Å²) in [5.41, 5.74) is 4.28. The summed E-state index contributed by atoms with van der Waals surface area (Å²) < 4.78 is 44.0. The molecule has 0 saturated heterocycles. The highest BCUT2D eigenvalue weighted by molar-refractivity contribution is 5.89. The summed E-state index contributed by atoms with van der Waals surface area (Å²) in [7, 11) is 1.60. The van der Waals surface area contributed by atoms with Gasteiger partial charge in [-0.2, -0.15) is 13.2 Å². The normalized spacial score (nSPS) is 15.2. The molecule has 0 bridgehead atoms. The maximum Gasteiger partial charge on any atom is 0.416 e. The van der Waals surface area contributed by atoms with Crippen molar-refractivity contribution >= 4 is 11.1 Å². The molecular weight excluding hydrogens is 325 g/mol. The minimum Gasteiger partial charge on any atom is -0.496 e. The molecule has 130 valence electrons. The van der Waals surface area contributed by atoms with Gasteiger partial charge in [-0.25, -0.2) is 0 Å². The Morgan fingerprint density at radius 3 is 2.04 bits per heavy atom. The van der Waals surface area contributed by atoms with Crippen molar-refractivity contribution in [2.24, 2.45) is 0 Å². The van der Waals surface area contributed by atoms with E-state index in [9.17, 15) is 13.2 Å². The first kappa shape index (κ1) is 17.3. The van der Waals surface area contributed by atoms with Gasteiger partial charge in [-0.05, 0) is 43.0 Å². The molecule has 1 aliphatic carbocycles. The highest BCUT2D eigenvalue weighted by Crippen LogP contribution is 2.38. The maximum atomic E-state index is 12.8. The van der Waals surface area contributed by atoms with Crippen molar-refractivity contribution in [3.05, 3.63) is 82.6 Å². The Hall–Kier alpha value is -2.49. The molecule has 0 unspecified atom stereocenters. The van der Waals surface area contributed by atoms with Crippen LogP contribution in [-0.4, -0.2) is 7.11 Å². The predicted molar refractivity (Wildman–Crippen MR) is 93.8 cm³/mol. The van der Waals surface area contributed by atoms with Crippen LogP contribution >= 0.6 is 0 Å². The summed E-state index contributed by atoms with van der Waals surface area (Å²) in [5, 5.41) is 0. The molecule has 0 N–H and O–H groups in total. The van der Waals surface area contributed by atoms with Crippen molar-refractivity contribution in [3.8, 4) is 0 Å². The van der Waals surface area contributed by atoms with Crippen molar-refractivity contribution in [2.75, 3.05) is 7.11 Å². The SMILES string of the molecule is COC1=C(c2ccc(C(F)(F)F)cc2)CCC=C1c1ccc(C)cc1. The van der Waals surface area contributed by atoms with E-state index in [-0.39, 0.29) is 0 Å². The third-order valence-electron chi connectivity index (χ3n) is 4.39. The van der Waals surface area contributed by atoms with E-state index in [1.165, 1.54) is 17.7 Å². The Morgan fingerprint density at radius 1 is 0.880 bits per heavy atom. The number of hydrogen-bond donors (Lipinski definition) is 0. The second kappa shape index (κ2) is 6.79. The van der Waals surface area contributed by atoms with Crippen LogP contribution in [0.4, 0.5) is 13.2 Å². The van der Waals surface area contributed by atoms with Crippen molar-refractivity contribution in [3.63, 3.8) is 0 Å². The molecule has 2 aromatic carbocycles. The van der Waals surface area contributed by atoms with Crippen LogP contribution in [0, 0.1) is 6.92 Å². The van der Waals surface area contributed by atoms with Crippen molar-refractivity contribution in [1.29, 1.82) is 0 Å². The van der Waals surface area contributed by atoms with Crippen molar-refractivity contribution in [1.82, 2.24) is 0 Å². The van der Waals surface area contributed by atoms with E-state index >= 15 is 0 Å². The first-order valence-electron chi connectivity index (χ1n) is 8.12. The average molecular weight is 344 g/mol. The van der Waals surface area contributed by atoms with E-state index in [2.05, 4.69) is 6.08 Å². The van der Waals surface area contributed by atoms with Crippen LogP contribution in [0.5, 0.6) is 0 Å². The zero-order valence-electron chi connectivity index (χ0n) is 14.2. The highest BCUT2D eigenvalue weighted by atomic mass is 19.4. The van der Waals surface area contributed by atoms with Crippen LogP contribution in [0.2, 0.25) is 0 Å². The molecule has 0 spiro atoms. The third-order valence-corrected chi connectivity index (χ3v) is 4.39. The molecule has 1 nitrogen and oxygen atoms in total. The summed E-state index contributed by atoms with van der Waals surface area (Å²) in [6, 6.07) is 13.4. The molecule has 0 saturated carbocycles. The summed E-state index contributed by atoms with van der Waals surface area (Å²) in [5.74, 6) is 0.731. The molecule has 0 aliphatic heterocycles. The van der Waals surface area contributed by atoms with Gasteiger partial charge in [0.25, 0.3) is 0 Å². The van der Waals surface area contributed by atoms with E-state index < -0.39 is 11.7 Å². The van der Waals surface area contributed by atoms with Crippen LogP contribution in [-0.2, 0) is 10.9 Å². The van der Waals surface area contributed by atoms with E-state index in [1.54, 1.807) is 7.11 Å². The molecule has 0 aromatic heterocycles. The third kappa shape index (κ3) is 3.63. The highest BCUT2D eigenvalue weighted by Gasteiger charge is 2.30. The average Bonchev–Trinajstić information content (AvgIpc) is 2.61. The van der Waals surface area contributed by atoms with Gasteiger partial charge in [-0.3, -0.25) is 0 Å². The zero-order valence-corrected chi connectivity index (χ0v) is 14.2. The molecule has 0 atom stereocenters. The molecule has 3 rings (SSSR count). The molecule has 2 aromatic rings. The molecule has 0 fully saturated rings. The number of ether oxygens (including phenoxy) is 1. The number of halogens is 3. The minimum absolute atomic E-state index is 0.638. The van der Waals surface area contributed by atoms with Gasteiger partial charge in [-0.15, -0.1) is 0 Å². The van der Waals surface area contributed by atoms with Crippen LogP contribution in [0.3, 0.4) is 0 Å². The molecule has 1 aliphatic rings. The topological polar surface area (TPSA) is 9.23 Å². The van der Waals surface area contributed by atoms with E-state index in [4.69, 9.17) is 4.74 Å². The lowest BCUT2D eigenvalue weighted by Crippen LogP contribution is -2.06. The Bertz CT molecular complexity index is 810. The van der Waals surface area contributed by atoms with Gasteiger partial charge >= 0.3 is 6.18 Å².